The van der Waals surface area contributed by atoms with Crippen LogP contribution in [0.25, 0.3) is 0 Å². The first kappa shape index (κ1) is 17.0. The largest absolute Gasteiger partial charge is 0.381 e. The van der Waals surface area contributed by atoms with Crippen LogP contribution in [-0.2, 0) is 4.74 Å². The highest BCUT2D eigenvalue weighted by Gasteiger charge is 2.05. The van der Waals surface area contributed by atoms with Crippen molar-refractivity contribution in [3.8, 4) is 0 Å². The Morgan fingerprint density at radius 3 is 2.43 bits per heavy atom. The number of rotatable bonds is 9. The van der Waals surface area contributed by atoms with Gasteiger partial charge in [-0.15, -0.1) is 0 Å². The van der Waals surface area contributed by atoms with Gasteiger partial charge in [0.25, 0.3) is 5.91 Å². The molecule has 0 atom stereocenters. The van der Waals surface area contributed by atoms with Gasteiger partial charge in [0.1, 0.15) is 0 Å². The molecular weight excluding hydrogens is 270 g/mol. The van der Waals surface area contributed by atoms with Crippen LogP contribution in [0.2, 0.25) is 0 Å². The monoisotopic (exact) mass is 293 g/mol. The summed E-state index contributed by atoms with van der Waals surface area (Å²) in [6.07, 6.45) is 2.98. The zero-order valence-electron chi connectivity index (χ0n) is 12.4. The van der Waals surface area contributed by atoms with E-state index in [2.05, 4.69) is 17.6 Å². The third kappa shape index (κ3) is 7.31. The number of amides is 3. The number of benzene rings is 1. The van der Waals surface area contributed by atoms with E-state index in [0.717, 1.165) is 25.9 Å². The number of urea groups is 1. The maximum atomic E-state index is 11.8. The molecule has 0 aliphatic carbocycles. The van der Waals surface area contributed by atoms with E-state index in [1.807, 2.05) is 0 Å². The molecule has 0 aliphatic rings. The van der Waals surface area contributed by atoms with E-state index in [9.17, 15) is 9.59 Å². The van der Waals surface area contributed by atoms with E-state index in [4.69, 9.17) is 10.5 Å². The Labute approximate surface area is 125 Å². The van der Waals surface area contributed by atoms with Crippen LogP contribution < -0.4 is 16.4 Å². The number of nitrogens with one attached hydrogen (secondary N) is 2. The molecule has 0 bridgehead atoms. The molecule has 1 aromatic rings. The number of carbonyl (C=O) groups excluding carboxylic acids is 2. The summed E-state index contributed by atoms with van der Waals surface area (Å²) >= 11 is 0. The highest BCUT2D eigenvalue weighted by atomic mass is 16.5. The predicted octanol–water partition coefficient (Wildman–Crippen LogP) is 2.11. The van der Waals surface area contributed by atoms with Crippen molar-refractivity contribution in [2.45, 2.75) is 26.2 Å². The van der Waals surface area contributed by atoms with Crippen molar-refractivity contribution in [1.82, 2.24) is 5.32 Å². The highest BCUT2D eigenvalue weighted by Crippen LogP contribution is 2.09. The van der Waals surface area contributed by atoms with Gasteiger partial charge in [0.2, 0.25) is 0 Å². The fourth-order valence-corrected chi connectivity index (χ4v) is 1.67. The van der Waals surface area contributed by atoms with Gasteiger partial charge >= 0.3 is 6.03 Å². The van der Waals surface area contributed by atoms with E-state index in [-0.39, 0.29) is 5.91 Å². The van der Waals surface area contributed by atoms with Gasteiger partial charge < -0.3 is 21.1 Å². The predicted molar refractivity (Wildman–Crippen MR) is 82.3 cm³/mol. The number of unbranched alkanes of at least 4 members (excludes halogenated alkanes) is 1. The Kier molecular flexibility index (Phi) is 7.89. The number of hydrogen-bond acceptors (Lipinski definition) is 3. The van der Waals surface area contributed by atoms with Crippen molar-refractivity contribution in [1.29, 1.82) is 0 Å². The number of anilines is 1. The third-order valence-corrected chi connectivity index (χ3v) is 2.81. The van der Waals surface area contributed by atoms with Crippen molar-refractivity contribution in [3.63, 3.8) is 0 Å². The normalized spacial score (nSPS) is 10.1. The molecule has 0 radical (unpaired) electrons. The zero-order chi connectivity index (χ0) is 15.5. The summed E-state index contributed by atoms with van der Waals surface area (Å²) in [5.41, 5.74) is 6.10. The molecule has 0 heterocycles. The molecular formula is C15H23N3O3. The molecule has 0 fully saturated rings. The highest BCUT2D eigenvalue weighted by molar-refractivity contribution is 5.95. The van der Waals surface area contributed by atoms with Gasteiger partial charge in [-0.1, -0.05) is 13.3 Å². The Balaban J connectivity index is 2.24. The molecule has 116 valence electrons. The van der Waals surface area contributed by atoms with Crippen molar-refractivity contribution >= 4 is 17.6 Å². The SMILES string of the molecule is CCCCOCCCNC(=O)c1ccc(NC(N)=O)cc1. The quantitative estimate of drug-likeness (QED) is 0.609. The van der Waals surface area contributed by atoms with E-state index in [1.165, 1.54) is 0 Å². The summed E-state index contributed by atoms with van der Waals surface area (Å²) in [5.74, 6) is -0.144. The van der Waals surface area contributed by atoms with Crippen LogP contribution in [0.5, 0.6) is 0 Å². The Morgan fingerprint density at radius 2 is 1.81 bits per heavy atom. The first-order valence-corrected chi connectivity index (χ1v) is 7.16. The molecule has 0 unspecified atom stereocenters. The number of hydrogen-bond donors (Lipinski definition) is 3. The first-order chi connectivity index (χ1) is 10.1. The lowest BCUT2D eigenvalue weighted by atomic mass is 10.2. The molecule has 0 saturated carbocycles. The van der Waals surface area contributed by atoms with Crippen LogP contribution >= 0.6 is 0 Å². The maximum absolute atomic E-state index is 11.8. The average Bonchev–Trinajstić information content (AvgIpc) is 2.46. The summed E-state index contributed by atoms with van der Waals surface area (Å²) in [5, 5.41) is 5.26. The molecule has 6 heteroatoms. The fourth-order valence-electron chi connectivity index (χ4n) is 1.67. The minimum Gasteiger partial charge on any atom is -0.381 e. The second kappa shape index (κ2) is 9.77. The Hall–Kier alpha value is -2.08. The lowest BCUT2D eigenvalue weighted by Gasteiger charge is -2.07. The van der Waals surface area contributed by atoms with Crippen LogP contribution in [-0.4, -0.2) is 31.7 Å². The summed E-state index contributed by atoms with van der Waals surface area (Å²) in [6.45, 7) is 4.13. The molecule has 4 N–H and O–H groups in total. The van der Waals surface area contributed by atoms with Crippen molar-refractivity contribution in [2.24, 2.45) is 5.73 Å². The van der Waals surface area contributed by atoms with Crippen LogP contribution in [0.15, 0.2) is 24.3 Å². The van der Waals surface area contributed by atoms with E-state index in [0.29, 0.717) is 24.4 Å². The van der Waals surface area contributed by atoms with Crippen molar-refractivity contribution in [3.05, 3.63) is 29.8 Å². The van der Waals surface area contributed by atoms with Gasteiger partial charge in [0.05, 0.1) is 0 Å². The van der Waals surface area contributed by atoms with Gasteiger partial charge in [-0.05, 0) is 37.1 Å². The smallest absolute Gasteiger partial charge is 0.316 e. The minimum atomic E-state index is -0.629. The lowest BCUT2D eigenvalue weighted by molar-refractivity contribution is 0.0940. The van der Waals surface area contributed by atoms with Crippen LogP contribution in [0, 0.1) is 0 Å². The number of primary amides is 1. The molecule has 21 heavy (non-hydrogen) atoms. The number of carbonyl (C=O) groups is 2. The Morgan fingerprint density at radius 1 is 1.14 bits per heavy atom. The number of nitrogens with two attached hydrogens (primary N) is 1. The molecule has 6 nitrogen and oxygen atoms in total. The van der Waals surface area contributed by atoms with E-state index >= 15 is 0 Å². The van der Waals surface area contributed by atoms with Gasteiger partial charge in [-0.3, -0.25) is 4.79 Å². The summed E-state index contributed by atoms with van der Waals surface area (Å²) < 4.78 is 5.41. The average molecular weight is 293 g/mol. The maximum Gasteiger partial charge on any atom is 0.316 e. The number of ether oxygens (including phenoxy) is 1. The van der Waals surface area contributed by atoms with E-state index < -0.39 is 6.03 Å². The van der Waals surface area contributed by atoms with E-state index in [1.54, 1.807) is 24.3 Å². The summed E-state index contributed by atoms with van der Waals surface area (Å²) in [7, 11) is 0. The standard InChI is InChI=1S/C15H23N3O3/c1-2-3-10-21-11-4-9-17-14(19)12-5-7-13(8-6-12)18-15(16)20/h5-8H,2-4,9-11H2,1H3,(H,17,19)(H3,16,18,20). The summed E-state index contributed by atoms with van der Waals surface area (Å²) in [4.78, 5) is 22.5. The van der Waals surface area contributed by atoms with Crippen molar-refractivity contribution < 1.29 is 14.3 Å². The van der Waals surface area contributed by atoms with Crippen LogP contribution in [0.1, 0.15) is 36.5 Å². The second-order valence-corrected chi connectivity index (χ2v) is 4.64. The molecule has 0 saturated heterocycles. The molecule has 0 aromatic heterocycles. The molecule has 0 aliphatic heterocycles. The van der Waals surface area contributed by atoms with Gasteiger partial charge in [0.15, 0.2) is 0 Å². The van der Waals surface area contributed by atoms with Crippen LogP contribution in [0.3, 0.4) is 0 Å². The van der Waals surface area contributed by atoms with Crippen molar-refractivity contribution in [2.75, 3.05) is 25.1 Å². The van der Waals surface area contributed by atoms with Gasteiger partial charge in [0, 0.05) is 31.0 Å². The molecule has 1 rings (SSSR count). The molecule has 1 aromatic carbocycles. The zero-order valence-corrected chi connectivity index (χ0v) is 12.4. The first-order valence-electron chi connectivity index (χ1n) is 7.16. The molecule has 0 spiro atoms. The third-order valence-electron chi connectivity index (χ3n) is 2.81. The minimum absolute atomic E-state index is 0.144. The van der Waals surface area contributed by atoms with Crippen LogP contribution in [0.4, 0.5) is 10.5 Å². The fraction of sp³-hybridized carbons (Fsp3) is 0.467. The topological polar surface area (TPSA) is 93.4 Å². The Bertz CT molecular complexity index is 446. The molecule has 3 amide bonds. The second-order valence-electron chi connectivity index (χ2n) is 4.64. The lowest BCUT2D eigenvalue weighted by Crippen LogP contribution is -2.25. The van der Waals surface area contributed by atoms with Gasteiger partial charge in [-0.25, -0.2) is 4.79 Å². The summed E-state index contributed by atoms with van der Waals surface area (Å²) in [6, 6.07) is 5.91. The van der Waals surface area contributed by atoms with Gasteiger partial charge in [-0.2, -0.15) is 0 Å².